The zero-order valence-corrected chi connectivity index (χ0v) is 9.43. The van der Waals surface area contributed by atoms with Gasteiger partial charge in [-0.15, -0.1) is 0 Å². The fourth-order valence-electron chi connectivity index (χ4n) is 2.52. The van der Waals surface area contributed by atoms with Gasteiger partial charge in [-0.2, -0.15) is 0 Å². The van der Waals surface area contributed by atoms with Crippen LogP contribution in [0.3, 0.4) is 0 Å². The van der Waals surface area contributed by atoms with Gasteiger partial charge in [-0.3, -0.25) is 4.84 Å². The molecule has 0 amide bonds. The number of anilines is 1. The van der Waals surface area contributed by atoms with Gasteiger partial charge in [0.05, 0.1) is 12.2 Å². The molecule has 16 heavy (non-hydrogen) atoms. The molecule has 1 saturated carbocycles. The van der Waals surface area contributed by atoms with Crippen LogP contribution in [0.2, 0.25) is 0 Å². The molecule has 1 aliphatic carbocycles. The summed E-state index contributed by atoms with van der Waals surface area (Å²) in [7, 11) is 0. The van der Waals surface area contributed by atoms with Gasteiger partial charge in [-0.25, -0.2) is 5.06 Å². The van der Waals surface area contributed by atoms with Crippen molar-refractivity contribution in [2.75, 3.05) is 11.6 Å². The Morgan fingerprint density at radius 3 is 2.88 bits per heavy atom. The molecule has 84 valence electrons. The topological polar surface area (TPSA) is 12.5 Å². The van der Waals surface area contributed by atoms with Crippen LogP contribution in [0.4, 0.5) is 5.69 Å². The van der Waals surface area contributed by atoms with E-state index in [0.29, 0.717) is 6.10 Å². The molecule has 2 nitrogen and oxygen atoms in total. The van der Waals surface area contributed by atoms with E-state index < -0.39 is 0 Å². The smallest absolute Gasteiger partial charge is 0.107 e. The Bertz CT molecular complexity index is 385. The van der Waals surface area contributed by atoms with E-state index >= 15 is 0 Å². The van der Waals surface area contributed by atoms with Gasteiger partial charge in [0.1, 0.15) is 6.10 Å². The molecule has 3 rings (SSSR count). The maximum atomic E-state index is 6.04. The Balaban J connectivity index is 1.79. The molecule has 0 bridgehead atoms. The first-order valence-electron chi connectivity index (χ1n) is 6.12. The highest BCUT2D eigenvalue weighted by Crippen LogP contribution is 2.31. The molecule has 1 aromatic rings. The van der Waals surface area contributed by atoms with E-state index in [1.807, 2.05) is 11.1 Å². The first kappa shape index (κ1) is 9.91. The molecule has 0 N–H and O–H groups in total. The first-order valence-corrected chi connectivity index (χ1v) is 6.12. The Morgan fingerprint density at radius 2 is 2.00 bits per heavy atom. The normalized spacial score (nSPS) is 24.9. The van der Waals surface area contributed by atoms with Crippen LogP contribution in [-0.4, -0.2) is 12.6 Å². The molecule has 0 radical (unpaired) electrons. The third kappa shape index (κ3) is 1.85. The van der Waals surface area contributed by atoms with Crippen LogP contribution in [0.25, 0.3) is 0 Å². The quantitative estimate of drug-likeness (QED) is 0.666. The van der Waals surface area contributed by atoms with Crippen molar-refractivity contribution >= 4 is 5.69 Å². The van der Waals surface area contributed by atoms with Gasteiger partial charge in [0.15, 0.2) is 0 Å². The number of rotatable bonds is 1. The fourth-order valence-corrected chi connectivity index (χ4v) is 2.52. The summed E-state index contributed by atoms with van der Waals surface area (Å²) in [6.07, 6.45) is 7.72. The lowest BCUT2D eigenvalue weighted by atomic mass is 9.91. The summed E-state index contributed by atoms with van der Waals surface area (Å²) in [5, 5.41) is 2.01. The largest absolute Gasteiger partial charge is 0.265 e. The number of nitrogens with zero attached hydrogens (tertiary/aromatic N) is 1. The molecule has 2 aliphatic rings. The van der Waals surface area contributed by atoms with E-state index in [-0.39, 0.29) is 0 Å². The molecule has 0 saturated heterocycles. The van der Waals surface area contributed by atoms with Crippen molar-refractivity contribution in [2.45, 2.75) is 31.8 Å². The maximum Gasteiger partial charge on any atom is 0.107 e. The number of para-hydroxylation sites is 1. The fraction of sp³-hybridized carbons (Fsp3) is 0.429. The van der Waals surface area contributed by atoms with Gasteiger partial charge in [0, 0.05) is 0 Å². The summed E-state index contributed by atoms with van der Waals surface area (Å²) in [6, 6.07) is 10.3. The number of hydroxylamine groups is 1. The first-order chi connectivity index (χ1) is 7.93. The number of hydrogen-bond donors (Lipinski definition) is 0. The van der Waals surface area contributed by atoms with Gasteiger partial charge in [-0.05, 0) is 37.0 Å². The predicted octanol–water partition coefficient (Wildman–Crippen LogP) is 3.31. The van der Waals surface area contributed by atoms with Gasteiger partial charge in [0.2, 0.25) is 0 Å². The number of hydrogen-bond acceptors (Lipinski definition) is 2. The number of benzene rings is 1. The van der Waals surface area contributed by atoms with Crippen LogP contribution in [0.5, 0.6) is 0 Å². The van der Waals surface area contributed by atoms with Gasteiger partial charge >= 0.3 is 0 Å². The summed E-state index contributed by atoms with van der Waals surface area (Å²) in [6.45, 7) is 0.885. The summed E-state index contributed by atoms with van der Waals surface area (Å²) >= 11 is 0. The third-order valence-electron chi connectivity index (χ3n) is 3.41. The summed E-state index contributed by atoms with van der Waals surface area (Å²) < 4.78 is 0. The van der Waals surface area contributed by atoms with Crippen LogP contribution in [0.1, 0.15) is 25.7 Å². The van der Waals surface area contributed by atoms with Crippen molar-refractivity contribution in [1.82, 2.24) is 0 Å². The second kappa shape index (κ2) is 4.30. The lowest BCUT2D eigenvalue weighted by molar-refractivity contribution is 0.0347. The molecular weight excluding hydrogens is 198 g/mol. The lowest BCUT2D eigenvalue weighted by Gasteiger charge is -2.36. The highest BCUT2D eigenvalue weighted by Gasteiger charge is 2.26. The standard InChI is InChI=1S/C14H17NO/c1-2-7-13(8-3-1)15-11-10-12-6-4-5-9-14(12)16-15/h1-3,7-8,10,14H,4-6,9,11H2/t14-/m0/s1. The summed E-state index contributed by atoms with van der Waals surface area (Å²) in [4.78, 5) is 6.04. The molecule has 1 fully saturated rings. The van der Waals surface area contributed by atoms with Crippen molar-refractivity contribution < 1.29 is 4.84 Å². The third-order valence-corrected chi connectivity index (χ3v) is 3.41. The molecule has 2 heteroatoms. The van der Waals surface area contributed by atoms with E-state index in [0.717, 1.165) is 12.2 Å². The Hall–Kier alpha value is -1.28. The molecule has 0 aromatic heterocycles. The van der Waals surface area contributed by atoms with E-state index in [2.05, 4.69) is 30.3 Å². The summed E-state index contributed by atoms with van der Waals surface area (Å²) in [5.74, 6) is 0. The number of fused-ring (bicyclic) bond motifs is 1. The lowest BCUT2D eigenvalue weighted by Crippen LogP contribution is -2.36. The van der Waals surface area contributed by atoms with Crippen LogP contribution >= 0.6 is 0 Å². The minimum atomic E-state index is 0.336. The van der Waals surface area contributed by atoms with E-state index in [9.17, 15) is 0 Å². The molecule has 0 spiro atoms. The Kier molecular flexibility index (Phi) is 2.66. The van der Waals surface area contributed by atoms with E-state index in [1.54, 1.807) is 0 Å². The van der Waals surface area contributed by atoms with Gasteiger partial charge in [-0.1, -0.05) is 30.7 Å². The molecule has 1 aliphatic heterocycles. The van der Waals surface area contributed by atoms with Gasteiger partial charge in [0.25, 0.3) is 0 Å². The Morgan fingerprint density at radius 1 is 1.12 bits per heavy atom. The minimum Gasteiger partial charge on any atom is -0.265 e. The second-order valence-corrected chi connectivity index (χ2v) is 4.52. The second-order valence-electron chi connectivity index (χ2n) is 4.52. The van der Waals surface area contributed by atoms with Gasteiger partial charge < -0.3 is 0 Å². The summed E-state index contributed by atoms with van der Waals surface area (Å²) in [5.41, 5.74) is 2.67. The van der Waals surface area contributed by atoms with Crippen LogP contribution in [-0.2, 0) is 4.84 Å². The Labute approximate surface area is 96.5 Å². The van der Waals surface area contributed by atoms with Crippen molar-refractivity contribution in [1.29, 1.82) is 0 Å². The monoisotopic (exact) mass is 215 g/mol. The average Bonchev–Trinajstić information content (AvgIpc) is 2.39. The highest BCUT2D eigenvalue weighted by molar-refractivity contribution is 5.45. The molecule has 1 atom stereocenters. The highest BCUT2D eigenvalue weighted by atomic mass is 16.7. The van der Waals surface area contributed by atoms with Crippen LogP contribution in [0, 0.1) is 0 Å². The van der Waals surface area contributed by atoms with E-state index in [1.165, 1.54) is 31.3 Å². The molecule has 1 aromatic carbocycles. The van der Waals surface area contributed by atoms with Crippen LogP contribution in [0.15, 0.2) is 42.0 Å². The van der Waals surface area contributed by atoms with Crippen molar-refractivity contribution in [3.63, 3.8) is 0 Å². The molecule has 0 unspecified atom stereocenters. The minimum absolute atomic E-state index is 0.336. The zero-order valence-electron chi connectivity index (χ0n) is 9.43. The SMILES string of the molecule is C1=C2CCCC[C@@H]2ON(c2ccccc2)C1. The maximum absolute atomic E-state index is 6.04. The molecular formula is C14H17NO. The average molecular weight is 215 g/mol. The van der Waals surface area contributed by atoms with Crippen molar-refractivity contribution in [3.05, 3.63) is 42.0 Å². The van der Waals surface area contributed by atoms with Crippen molar-refractivity contribution in [3.8, 4) is 0 Å². The van der Waals surface area contributed by atoms with Crippen molar-refractivity contribution in [2.24, 2.45) is 0 Å². The zero-order chi connectivity index (χ0) is 10.8. The predicted molar refractivity (Wildman–Crippen MR) is 65.2 cm³/mol. The van der Waals surface area contributed by atoms with Crippen LogP contribution < -0.4 is 5.06 Å². The van der Waals surface area contributed by atoms with E-state index in [4.69, 9.17) is 4.84 Å². The molecule has 1 heterocycles.